The zero-order chi connectivity index (χ0) is 21.8. The molecule has 1 aromatic carbocycles. The molecule has 10 nitrogen and oxygen atoms in total. The standard InChI is InChI=1S/C21H23N7O3/c1-14-3-5-16(6-4-14)24-21-26-25-20(31-21)19(30)23-17-7-8-18(22-13-17)28-11-9-27(10-12-28)15(2)29/h3-8,13H,9-12H2,1-2H3,(H,23,30)(H,24,26). The number of piperazine rings is 1. The zero-order valence-electron chi connectivity index (χ0n) is 17.3. The number of benzene rings is 1. The number of hydrogen-bond donors (Lipinski definition) is 2. The zero-order valence-corrected chi connectivity index (χ0v) is 17.3. The van der Waals surface area contributed by atoms with Crippen molar-refractivity contribution in [2.24, 2.45) is 0 Å². The number of nitrogens with zero attached hydrogens (tertiary/aromatic N) is 5. The third-order valence-corrected chi connectivity index (χ3v) is 4.98. The fraction of sp³-hybridized carbons (Fsp3) is 0.286. The van der Waals surface area contributed by atoms with Gasteiger partial charge >= 0.3 is 17.8 Å². The van der Waals surface area contributed by atoms with E-state index in [0.717, 1.165) is 30.2 Å². The van der Waals surface area contributed by atoms with Gasteiger partial charge in [0.25, 0.3) is 0 Å². The van der Waals surface area contributed by atoms with E-state index in [2.05, 4.69) is 30.7 Å². The highest BCUT2D eigenvalue weighted by molar-refractivity contribution is 6.00. The maximum atomic E-state index is 12.4. The monoisotopic (exact) mass is 421 g/mol. The van der Waals surface area contributed by atoms with Crippen LogP contribution in [0.15, 0.2) is 47.0 Å². The number of anilines is 4. The van der Waals surface area contributed by atoms with Gasteiger partial charge in [-0.1, -0.05) is 22.8 Å². The third-order valence-electron chi connectivity index (χ3n) is 4.98. The molecule has 1 aliphatic rings. The molecule has 1 fully saturated rings. The lowest BCUT2D eigenvalue weighted by Gasteiger charge is -2.34. The molecule has 1 saturated heterocycles. The summed E-state index contributed by atoms with van der Waals surface area (Å²) in [5, 5.41) is 13.3. The van der Waals surface area contributed by atoms with E-state index in [0.29, 0.717) is 18.8 Å². The van der Waals surface area contributed by atoms with Crippen molar-refractivity contribution in [1.29, 1.82) is 0 Å². The number of aromatic nitrogens is 3. The molecule has 2 amide bonds. The minimum atomic E-state index is -0.519. The molecule has 3 aromatic rings. The molecule has 2 N–H and O–H groups in total. The second-order valence-electron chi connectivity index (χ2n) is 7.26. The van der Waals surface area contributed by atoms with E-state index in [1.165, 1.54) is 0 Å². The topological polar surface area (TPSA) is 116 Å². The molecule has 0 saturated carbocycles. The summed E-state index contributed by atoms with van der Waals surface area (Å²) in [4.78, 5) is 32.2. The van der Waals surface area contributed by atoms with Crippen molar-refractivity contribution in [3.63, 3.8) is 0 Å². The van der Waals surface area contributed by atoms with Crippen LogP contribution in [-0.4, -0.2) is 58.1 Å². The Kier molecular flexibility index (Phi) is 5.78. The van der Waals surface area contributed by atoms with E-state index in [-0.39, 0.29) is 17.8 Å². The summed E-state index contributed by atoms with van der Waals surface area (Å²) in [6, 6.07) is 11.4. The summed E-state index contributed by atoms with van der Waals surface area (Å²) in [6.45, 7) is 6.36. The number of carbonyl (C=O) groups is 2. The molecule has 0 unspecified atom stereocenters. The average Bonchev–Trinajstić information content (AvgIpc) is 3.25. The van der Waals surface area contributed by atoms with Crippen LogP contribution >= 0.6 is 0 Å². The van der Waals surface area contributed by atoms with Gasteiger partial charge in [0.2, 0.25) is 5.91 Å². The normalized spacial score (nSPS) is 13.7. The van der Waals surface area contributed by atoms with Crippen molar-refractivity contribution in [3.8, 4) is 0 Å². The fourth-order valence-corrected chi connectivity index (χ4v) is 3.21. The molecule has 4 rings (SSSR count). The van der Waals surface area contributed by atoms with Crippen molar-refractivity contribution in [2.75, 3.05) is 41.7 Å². The van der Waals surface area contributed by atoms with E-state index in [1.807, 2.05) is 42.2 Å². The molecule has 3 heterocycles. The Labute approximate surface area is 179 Å². The van der Waals surface area contributed by atoms with E-state index in [4.69, 9.17) is 4.42 Å². The maximum Gasteiger partial charge on any atom is 0.320 e. The molecular formula is C21H23N7O3. The average molecular weight is 421 g/mol. The Morgan fingerprint density at radius 2 is 1.68 bits per heavy atom. The van der Waals surface area contributed by atoms with Gasteiger partial charge in [-0.05, 0) is 31.2 Å². The van der Waals surface area contributed by atoms with E-state index >= 15 is 0 Å². The lowest BCUT2D eigenvalue weighted by atomic mass is 10.2. The molecule has 2 aromatic heterocycles. The van der Waals surface area contributed by atoms with Crippen LogP contribution in [0.5, 0.6) is 0 Å². The molecule has 0 atom stereocenters. The van der Waals surface area contributed by atoms with Crippen LogP contribution in [0.3, 0.4) is 0 Å². The molecule has 0 spiro atoms. The number of rotatable bonds is 5. The molecule has 0 aliphatic carbocycles. The molecule has 160 valence electrons. The lowest BCUT2D eigenvalue weighted by Crippen LogP contribution is -2.48. The highest BCUT2D eigenvalue weighted by Gasteiger charge is 2.20. The van der Waals surface area contributed by atoms with Gasteiger partial charge in [0.15, 0.2) is 0 Å². The second-order valence-corrected chi connectivity index (χ2v) is 7.26. The van der Waals surface area contributed by atoms with Crippen molar-refractivity contribution in [1.82, 2.24) is 20.1 Å². The largest absolute Gasteiger partial charge is 0.399 e. The Bertz CT molecular complexity index is 1060. The van der Waals surface area contributed by atoms with Gasteiger partial charge in [-0.25, -0.2) is 4.98 Å². The summed E-state index contributed by atoms with van der Waals surface area (Å²) in [5.41, 5.74) is 2.43. The smallest absolute Gasteiger partial charge is 0.320 e. The van der Waals surface area contributed by atoms with Gasteiger partial charge in [-0.15, -0.1) is 5.10 Å². The van der Waals surface area contributed by atoms with Crippen molar-refractivity contribution >= 4 is 35.0 Å². The van der Waals surface area contributed by atoms with Crippen LogP contribution in [0.2, 0.25) is 0 Å². The summed E-state index contributed by atoms with van der Waals surface area (Å²) in [6.07, 6.45) is 1.58. The van der Waals surface area contributed by atoms with Gasteiger partial charge < -0.3 is 24.9 Å². The van der Waals surface area contributed by atoms with Crippen LogP contribution in [0.1, 0.15) is 23.2 Å². The quantitative estimate of drug-likeness (QED) is 0.645. The first kappa shape index (κ1) is 20.3. The number of aryl methyl sites for hydroxylation is 1. The predicted octanol–water partition coefficient (Wildman–Crippen LogP) is 2.44. The summed E-state index contributed by atoms with van der Waals surface area (Å²) in [5.74, 6) is 0.209. The molecule has 1 aliphatic heterocycles. The van der Waals surface area contributed by atoms with Gasteiger partial charge in [-0.3, -0.25) is 9.59 Å². The summed E-state index contributed by atoms with van der Waals surface area (Å²) in [7, 11) is 0. The van der Waals surface area contributed by atoms with Crippen LogP contribution in [0, 0.1) is 6.92 Å². The molecule has 0 radical (unpaired) electrons. The highest BCUT2D eigenvalue weighted by atomic mass is 16.4. The number of carbonyl (C=O) groups excluding carboxylic acids is 2. The van der Waals surface area contributed by atoms with Gasteiger partial charge in [0.1, 0.15) is 5.82 Å². The Balaban J connectivity index is 1.33. The third kappa shape index (κ3) is 4.97. The first-order valence-corrected chi connectivity index (χ1v) is 9.93. The second kappa shape index (κ2) is 8.82. The van der Waals surface area contributed by atoms with Crippen LogP contribution < -0.4 is 15.5 Å². The van der Waals surface area contributed by atoms with Crippen molar-refractivity contribution < 1.29 is 14.0 Å². The predicted molar refractivity (Wildman–Crippen MR) is 115 cm³/mol. The molecule has 0 bridgehead atoms. The number of hydrogen-bond acceptors (Lipinski definition) is 8. The number of nitrogens with one attached hydrogen (secondary N) is 2. The van der Waals surface area contributed by atoms with Gasteiger partial charge in [-0.2, -0.15) is 0 Å². The van der Waals surface area contributed by atoms with Crippen molar-refractivity contribution in [3.05, 3.63) is 54.0 Å². The van der Waals surface area contributed by atoms with E-state index in [9.17, 15) is 9.59 Å². The van der Waals surface area contributed by atoms with Crippen LogP contribution in [-0.2, 0) is 4.79 Å². The fourth-order valence-electron chi connectivity index (χ4n) is 3.21. The summed E-state index contributed by atoms with van der Waals surface area (Å²) < 4.78 is 5.39. The molecular weight excluding hydrogens is 398 g/mol. The SMILES string of the molecule is CC(=O)N1CCN(c2ccc(NC(=O)c3nnc(Nc4ccc(C)cc4)o3)cn2)CC1. The lowest BCUT2D eigenvalue weighted by molar-refractivity contribution is -0.129. The highest BCUT2D eigenvalue weighted by Crippen LogP contribution is 2.18. The molecule has 10 heteroatoms. The molecule has 31 heavy (non-hydrogen) atoms. The van der Waals surface area contributed by atoms with Gasteiger partial charge in [0.05, 0.1) is 11.9 Å². The first-order chi connectivity index (χ1) is 15.0. The minimum Gasteiger partial charge on any atom is -0.399 e. The van der Waals surface area contributed by atoms with Crippen molar-refractivity contribution in [2.45, 2.75) is 13.8 Å². The Morgan fingerprint density at radius 1 is 0.968 bits per heavy atom. The summed E-state index contributed by atoms with van der Waals surface area (Å²) >= 11 is 0. The maximum absolute atomic E-state index is 12.4. The van der Waals surface area contributed by atoms with Crippen LogP contribution in [0.4, 0.5) is 23.2 Å². The van der Waals surface area contributed by atoms with Crippen LogP contribution in [0.25, 0.3) is 0 Å². The number of pyridine rings is 1. The number of amides is 2. The minimum absolute atomic E-state index is 0.0870. The Morgan fingerprint density at radius 3 is 2.32 bits per heavy atom. The Hall–Kier alpha value is -3.95. The van der Waals surface area contributed by atoms with E-state index < -0.39 is 5.91 Å². The first-order valence-electron chi connectivity index (χ1n) is 9.93. The van der Waals surface area contributed by atoms with Gasteiger partial charge in [0, 0.05) is 38.8 Å². The van der Waals surface area contributed by atoms with E-state index in [1.54, 1.807) is 19.2 Å².